The molecule has 1 fully saturated rings. The molecule has 0 bridgehead atoms. The molecule has 18 heavy (non-hydrogen) atoms. The van der Waals surface area contributed by atoms with E-state index in [0.29, 0.717) is 5.75 Å². The zero-order valence-electron chi connectivity index (χ0n) is 10.4. The Balaban J connectivity index is 1.72. The van der Waals surface area contributed by atoms with Gasteiger partial charge in [0.25, 0.3) is 0 Å². The number of phenolic OH excluding ortho intramolecular Hbond substituents is 1. The van der Waals surface area contributed by atoms with Crippen molar-refractivity contribution >= 4 is 10.8 Å². The molecule has 1 aliphatic heterocycles. The van der Waals surface area contributed by atoms with Crippen molar-refractivity contribution in [3.63, 3.8) is 0 Å². The number of rotatable bonds is 5. The van der Waals surface area contributed by atoms with Crippen LogP contribution in [0.2, 0.25) is 0 Å². The third kappa shape index (κ3) is 4.08. The van der Waals surface area contributed by atoms with Crippen LogP contribution in [0.4, 0.5) is 0 Å². The van der Waals surface area contributed by atoms with Crippen LogP contribution < -0.4 is 0 Å². The molecule has 100 valence electrons. The Labute approximate surface area is 110 Å². The highest BCUT2D eigenvalue weighted by atomic mass is 32.2. The van der Waals surface area contributed by atoms with E-state index >= 15 is 0 Å². The normalized spacial score (nSPS) is 18.7. The van der Waals surface area contributed by atoms with Crippen LogP contribution in [0.25, 0.3) is 0 Å². The molecule has 0 aromatic heterocycles. The second-order valence-corrected chi connectivity index (χ2v) is 5.92. The summed E-state index contributed by atoms with van der Waals surface area (Å²) in [5, 5.41) is 9.17. The van der Waals surface area contributed by atoms with Gasteiger partial charge in [0.05, 0.1) is 24.0 Å². The van der Waals surface area contributed by atoms with Crippen molar-refractivity contribution in [1.82, 2.24) is 4.90 Å². The lowest BCUT2D eigenvalue weighted by molar-refractivity contribution is 0.0381. The summed E-state index contributed by atoms with van der Waals surface area (Å²) in [7, 11) is -0.965. The van der Waals surface area contributed by atoms with Crippen molar-refractivity contribution in [3.05, 3.63) is 24.3 Å². The molecule has 1 saturated heterocycles. The smallest absolute Gasteiger partial charge is 0.115 e. The van der Waals surface area contributed by atoms with Gasteiger partial charge in [-0.3, -0.25) is 9.11 Å². The van der Waals surface area contributed by atoms with Gasteiger partial charge in [0, 0.05) is 23.7 Å². The Morgan fingerprint density at radius 1 is 1.22 bits per heavy atom. The Hall–Kier alpha value is -0.910. The van der Waals surface area contributed by atoms with Gasteiger partial charge < -0.3 is 9.84 Å². The average molecular weight is 269 g/mol. The molecule has 1 aliphatic rings. The van der Waals surface area contributed by atoms with Gasteiger partial charge in [-0.2, -0.15) is 0 Å². The minimum Gasteiger partial charge on any atom is -0.508 e. The van der Waals surface area contributed by atoms with Crippen molar-refractivity contribution in [2.75, 3.05) is 38.6 Å². The number of morpholine rings is 1. The fourth-order valence-electron chi connectivity index (χ4n) is 1.96. The molecule has 1 aromatic rings. The second kappa shape index (κ2) is 6.87. The van der Waals surface area contributed by atoms with Crippen LogP contribution in [0, 0.1) is 0 Å². The molecular formula is C13H19NO3S. The van der Waals surface area contributed by atoms with Gasteiger partial charge >= 0.3 is 0 Å². The van der Waals surface area contributed by atoms with E-state index in [1.807, 2.05) is 0 Å². The molecule has 0 aliphatic carbocycles. The number of aromatic hydroxyl groups is 1. The molecule has 0 saturated carbocycles. The van der Waals surface area contributed by atoms with Gasteiger partial charge in [0.15, 0.2) is 0 Å². The van der Waals surface area contributed by atoms with E-state index < -0.39 is 10.8 Å². The van der Waals surface area contributed by atoms with Crippen LogP contribution in [0.3, 0.4) is 0 Å². The maximum Gasteiger partial charge on any atom is 0.115 e. The lowest BCUT2D eigenvalue weighted by atomic mass is 10.3. The number of hydrogen-bond donors (Lipinski definition) is 1. The molecular weight excluding hydrogens is 250 g/mol. The van der Waals surface area contributed by atoms with Crippen molar-refractivity contribution in [3.8, 4) is 5.75 Å². The fraction of sp³-hybridized carbons (Fsp3) is 0.538. The van der Waals surface area contributed by atoms with Crippen molar-refractivity contribution < 1.29 is 14.1 Å². The molecule has 1 aromatic carbocycles. The second-order valence-electron chi connectivity index (χ2n) is 4.35. The molecule has 1 unspecified atom stereocenters. The molecule has 0 radical (unpaired) electrons. The van der Waals surface area contributed by atoms with Gasteiger partial charge in [0.2, 0.25) is 0 Å². The summed E-state index contributed by atoms with van der Waals surface area (Å²) in [6, 6.07) is 6.60. The van der Waals surface area contributed by atoms with Gasteiger partial charge in [-0.1, -0.05) is 0 Å². The monoisotopic (exact) mass is 269 g/mol. The van der Waals surface area contributed by atoms with E-state index in [4.69, 9.17) is 9.84 Å². The van der Waals surface area contributed by atoms with E-state index in [1.54, 1.807) is 24.3 Å². The van der Waals surface area contributed by atoms with Crippen LogP contribution in [-0.4, -0.2) is 52.8 Å². The van der Waals surface area contributed by atoms with E-state index in [0.717, 1.165) is 44.2 Å². The van der Waals surface area contributed by atoms with E-state index in [-0.39, 0.29) is 5.75 Å². The molecule has 1 atom stereocenters. The third-order valence-electron chi connectivity index (χ3n) is 3.01. The minimum atomic E-state index is -0.965. The Morgan fingerprint density at radius 3 is 2.56 bits per heavy atom. The summed E-state index contributed by atoms with van der Waals surface area (Å²) in [4.78, 5) is 3.13. The predicted octanol–water partition coefficient (Wildman–Crippen LogP) is 1.22. The Morgan fingerprint density at radius 2 is 1.89 bits per heavy atom. The first-order chi connectivity index (χ1) is 8.75. The molecule has 4 nitrogen and oxygen atoms in total. The summed E-state index contributed by atoms with van der Waals surface area (Å²) < 4.78 is 17.3. The standard InChI is InChI=1S/C13H19NO3S/c15-12-2-4-13(5-3-12)18(16)11-1-6-14-7-9-17-10-8-14/h2-5,15H,1,6-11H2. The molecule has 2 rings (SSSR count). The first-order valence-electron chi connectivity index (χ1n) is 6.23. The van der Waals surface area contributed by atoms with Crippen molar-refractivity contribution in [2.45, 2.75) is 11.3 Å². The maximum absolute atomic E-state index is 12.0. The first kappa shape index (κ1) is 13.5. The zero-order valence-corrected chi connectivity index (χ0v) is 11.2. The summed E-state index contributed by atoms with van der Waals surface area (Å²) in [6.07, 6.45) is 0.924. The van der Waals surface area contributed by atoms with Crippen molar-refractivity contribution in [1.29, 1.82) is 0 Å². The lowest BCUT2D eigenvalue weighted by Gasteiger charge is -2.26. The summed E-state index contributed by atoms with van der Waals surface area (Å²) in [6.45, 7) is 4.55. The number of benzene rings is 1. The van der Waals surface area contributed by atoms with Crippen LogP contribution in [0.5, 0.6) is 5.75 Å². The summed E-state index contributed by atoms with van der Waals surface area (Å²) in [5.74, 6) is 0.881. The quantitative estimate of drug-likeness (QED) is 0.873. The Kier molecular flexibility index (Phi) is 5.16. The van der Waals surface area contributed by atoms with Crippen LogP contribution in [0.15, 0.2) is 29.2 Å². The maximum atomic E-state index is 12.0. The number of ether oxygens (including phenoxy) is 1. The van der Waals surface area contributed by atoms with E-state index in [9.17, 15) is 4.21 Å². The molecule has 0 amide bonds. The minimum absolute atomic E-state index is 0.212. The number of hydrogen-bond acceptors (Lipinski definition) is 4. The molecule has 5 heteroatoms. The highest BCUT2D eigenvalue weighted by molar-refractivity contribution is 7.85. The lowest BCUT2D eigenvalue weighted by Crippen LogP contribution is -2.37. The van der Waals surface area contributed by atoms with Gasteiger partial charge in [-0.25, -0.2) is 0 Å². The van der Waals surface area contributed by atoms with Gasteiger partial charge in [0.1, 0.15) is 5.75 Å². The van der Waals surface area contributed by atoms with Gasteiger partial charge in [-0.15, -0.1) is 0 Å². The predicted molar refractivity (Wildman–Crippen MR) is 71.3 cm³/mol. The highest BCUT2D eigenvalue weighted by Crippen LogP contribution is 2.13. The topological polar surface area (TPSA) is 49.8 Å². The fourth-order valence-corrected chi connectivity index (χ4v) is 3.03. The van der Waals surface area contributed by atoms with E-state index in [1.165, 1.54) is 0 Å². The van der Waals surface area contributed by atoms with Crippen molar-refractivity contribution in [2.24, 2.45) is 0 Å². The highest BCUT2D eigenvalue weighted by Gasteiger charge is 2.10. The average Bonchev–Trinajstić information content (AvgIpc) is 2.40. The molecule has 0 spiro atoms. The molecule has 1 N–H and O–H groups in total. The summed E-state index contributed by atoms with van der Waals surface area (Å²) >= 11 is 0. The number of nitrogens with zero attached hydrogens (tertiary/aromatic N) is 1. The number of phenols is 1. The zero-order chi connectivity index (χ0) is 12.8. The molecule has 1 heterocycles. The van der Waals surface area contributed by atoms with Gasteiger partial charge in [-0.05, 0) is 37.2 Å². The third-order valence-corrected chi connectivity index (χ3v) is 4.46. The van der Waals surface area contributed by atoms with E-state index in [2.05, 4.69) is 4.90 Å². The first-order valence-corrected chi connectivity index (χ1v) is 7.55. The Bertz CT molecular complexity index is 388. The van der Waals surface area contributed by atoms with Crippen LogP contribution >= 0.6 is 0 Å². The van der Waals surface area contributed by atoms with Crippen LogP contribution in [0.1, 0.15) is 6.42 Å². The largest absolute Gasteiger partial charge is 0.508 e. The van der Waals surface area contributed by atoms with Crippen LogP contribution in [-0.2, 0) is 15.5 Å². The SMILES string of the molecule is O=S(CCCN1CCOCC1)c1ccc(O)cc1. The summed E-state index contributed by atoms with van der Waals surface area (Å²) in [5.41, 5.74) is 0.